The first kappa shape index (κ1) is 14.1. The second kappa shape index (κ2) is 5.86. The molecule has 4 heteroatoms. The van der Waals surface area contributed by atoms with Gasteiger partial charge in [0.2, 0.25) is 0 Å². The molecule has 0 fully saturated rings. The van der Waals surface area contributed by atoms with Crippen molar-refractivity contribution in [2.45, 2.75) is 25.7 Å². The molecule has 1 aliphatic rings. The van der Waals surface area contributed by atoms with Crippen LogP contribution in [-0.4, -0.2) is 17.4 Å². The summed E-state index contributed by atoms with van der Waals surface area (Å²) in [7, 11) is 0. The highest BCUT2D eigenvalue weighted by Gasteiger charge is 2.25. The van der Waals surface area contributed by atoms with Crippen molar-refractivity contribution in [3.8, 4) is 0 Å². The third-order valence-corrected chi connectivity index (χ3v) is 4.14. The van der Waals surface area contributed by atoms with Gasteiger partial charge in [0.1, 0.15) is 5.15 Å². The molecule has 1 heterocycles. The molecule has 3 rings (SSSR count). The second-order valence-electron chi connectivity index (χ2n) is 5.33. The van der Waals surface area contributed by atoms with Gasteiger partial charge in [-0.3, -0.25) is 4.79 Å². The molecular formula is C17H17ClN2O. The summed E-state index contributed by atoms with van der Waals surface area (Å²) in [5.41, 5.74) is 4.15. The van der Waals surface area contributed by atoms with Crippen LogP contribution in [0.1, 0.15) is 40.0 Å². The van der Waals surface area contributed by atoms with Gasteiger partial charge in [0, 0.05) is 23.7 Å². The van der Waals surface area contributed by atoms with Gasteiger partial charge in [-0.1, -0.05) is 42.8 Å². The SMILES string of the molecule is CCc1cc(C(=O)NCC2Cc3ccccc32)cc(Cl)n1. The number of hydrogen-bond acceptors (Lipinski definition) is 2. The van der Waals surface area contributed by atoms with Gasteiger partial charge in [0.25, 0.3) is 5.91 Å². The fraction of sp³-hybridized carbons (Fsp3) is 0.294. The van der Waals surface area contributed by atoms with Crippen LogP contribution in [0.25, 0.3) is 0 Å². The molecule has 108 valence electrons. The number of benzene rings is 1. The first-order valence-corrected chi connectivity index (χ1v) is 7.57. The number of amides is 1. The predicted molar refractivity (Wildman–Crippen MR) is 83.8 cm³/mol. The molecule has 0 saturated heterocycles. The number of nitrogens with zero attached hydrogens (tertiary/aromatic N) is 1. The molecule has 1 N–H and O–H groups in total. The first-order chi connectivity index (χ1) is 10.2. The molecule has 1 atom stereocenters. The van der Waals surface area contributed by atoms with Crippen molar-refractivity contribution in [3.63, 3.8) is 0 Å². The number of nitrogens with one attached hydrogen (secondary N) is 1. The molecule has 0 bridgehead atoms. The van der Waals surface area contributed by atoms with Crippen molar-refractivity contribution >= 4 is 17.5 Å². The molecule has 1 aliphatic carbocycles. The van der Waals surface area contributed by atoms with E-state index in [4.69, 9.17) is 11.6 Å². The van der Waals surface area contributed by atoms with Crippen LogP contribution in [0.3, 0.4) is 0 Å². The minimum atomic E-state index is -0.0848. The zero-order valence-electron chi connectivity index (χ0n) is 11.9. The number of carbonyl (C=O) groups excluding carboxylic acids is 1. The molecule has 0 saturated carbocycles. The lowest BCUT2D eigenvalue weighted by atomic mass is 9.77. The molecule has 3 nitrogen and oxygen atoms in total. The van der Waals surface area contributed by atoms with E-state index < -0.39 is 0 Å². The van der Waals surface area contributed by atoms with Crippen LogP contribution in [0.15, 0.2) is 36.4 Å². The fourth-order valence-corrected chi connectivity index (χ4v) is 2.95. The molecule has 1 unspecified atom stereocenters. The topological polar surface area (TPSA) is 42.0 Å². The summed E-state index contributed by atoms with van der Waals surface area (Å²) in [5.74, 6) is 0.339. The maximum Gasteiger partial charge on any atom is 0.251 e. The van der Waals surface area contributed by atoms with Crippen LogP contribution in [0.5, 0.6) is 0 Å². The molecule has 1 amide bonds. The number of fused-ring (bicyclic) bond motifs is 1. The highest BCUT2D eigenvalue weighted by molar-refractivity contribution is 6.29. The Morgan fingerprint density at radius 1 is 1.38 bits per heavy atom. The van der Waals surface area contributed by atoms with E-state index in [1.54, 1.807) is 12.1 Å². The van der Waals surface area contributed by atoms with Crippen LogP contribution in [0.4, 0.5) is 0 Å². The Balaban J connectivity index is 1.64. The highest BCUT2D eigenvalue weighted by atomic mass is 35.5. The number of hydrogen-bond donors (Lipinski definition) is 1. The van der Waals surface area contributed by atoms with E-state index in [2.05, 4.69) is 28.5 Å². The van der Waals surface area contributed by atoms with Gasteiger partial charge in [-0.15, -0.1) is 0 Å². The van der Waals surface area contributed by atoms with E-state index in [1.165, 1.54) is 11.1 Å². The number of aromatic nitrogens is 1. The molecule has 0 aliphatic heterocycles. The Bertz CT molecular complexity index is 684. The highest BCUT2D eigenvalue weighted by Crippen LogP contribution is 2.34. The van der Waals surface area contributed by atoms with E-state index in [0.29, 0.717) is 23.2 Å². The zero-order chi connectivity index (χ0) is 14.8. The largest absolute Gasteiger partial charge is 0.351 e. The standard InChI is InChI=1S/C17H17ClN2O/c1-2-14-8-12(9-16(18)20-14)17(21)19-10-13-7-11-5-3-4-6-15(11)13/h3-6,8-9,13H,2,7,10H2,1H3,(H,19,21). The van der Waals surface area contributed by atoms with Gasteiger partial charge >= 0.3 is 0 Å². The fourth-order valence-electron chi connectivity index (χ4n) is 2.73. The van der Waals surface area contributed by atoms with Gasteiger partial charge in [0.15, 0.2) is 0 Å². The lowest BCUT2D eigenvalue weighted by molar-refractivity contribution is 0.0950. The van der Waals surface area contributed by atoms with Gasteiger partial charge in [-0.25, -0.2) is 4.98 Å². The van der Waals surface area contributed by atoms with Crippen LogP contribution >= 0.6 is 11.6 Å². The molecule has 1 aromatic heterocycles. The maximum absolute atomic E-state index is 12.2. The van der Waals surface area contributed by atoms with E-state index in [-0.39, 0.29) is 5.91 Å². The summed E-state index contributed by atoms with van der Waals surface area (Å²) in [4.78, 5) is 16.4. The van der Waals surface area contributed by atoms with Gasteiger partial charge in [0.05, 0.1) is 0 Å². The van der Waals surface area contributed by atoms with E-state index in [0.717, 1.165) is 18.5 Å². The third-order valence-electron chi connectivity index (χ3n) is 3.94. The maximum atomic E-state index is 12.2. The van der Waals surface area contributed by atoms with Crippen LogP contribution in [-0.2, 0) is 12.8 Å². The Kier molecular flexibility index (Phi) is 3.93. The Morgan fingerprint density at radius 2 is 2.19 bits per heavy atom. The van der Waals surface area contributed by atoms with Crippen molar-refractivity contribution in [1.82, 2.24) is 10.3 Å². The molecule has 1 aromatic carbocycles. The van der Waals surface area contributed by atoms with Crippen molar-refractivity contribution in [2.24, 2.45) is 0 Å². The monoisotopic (exact) mass is 300 g/mol. The van der Waals surface area contributed by atoms with Gasteiger partial charge < -0.3 is 5.32 Å². The molecule has 0 radical (unpaired) electrons. The number of pyridine rings is 1. The van der Waals surface area contributed by atoms with Crippen molar-refractivity contribution in [1.29, 1.82) is 0 Å². The van der Waals surface area contributed by atoms with E-state index in [9.17, 15) is 4.79 Å². The third kappa shape index (κ3) is 2.93. The zero-order valence-corrected chi connectivity index (χ0v) is 12.7. The quantitative estimate of drug-likeness (QED) is 0.880. The van der Waals surface area contributed by atoms with Crippen LogP contribution in [0.2, 0.25) is 5.15 Å². The molecular weight excluding hydrogens is 284 g/mol. The number of rotatable bonds is 4. The lowest BCUT2D eigenvalue weighted by Gasteiger charge is -2.30. The summed E-state index contributed by atoms with van der Waals surface area (Å²) in [6.45, 7) is 2.66. The van der Waals surface area contributed by atoms with Crippen LogP contribution in [0, 0.1) is 0 Å². The minimum absolute atomic E-state index is 0.0848. The smallest absolute Gasteiger partial charge is 0.251 e. The average molecular weight is 301 g/mol. The minimum Gasteiger partial charge on any atom is -0.351 e. The summed E-state index contributed by atoms with van der Waals surface area (Å²) < 4.78 is 0. The van der Waals surface area contributed by atoms with Gasteiger partial charge in [-0.05, 0) is 36.1 Å². The second-order valence-corrected chi connectivity index (χ2v) is 5.72. The average Bonchev–Trinajstić information content (AvgIpc) is 2.47. The van der Waals surface area contributed by atoms with Crippen molar-refractivity contribution < 1.29 is 4.79 Å². The molecule has 2 aromatic rings. The van der Waals surface area contributed by atoms with Gasteiger partial charge in [-0.2, -0.15) is 0 Å². The summed E-state index contributed by atoms with van der Waals surface area (Å²) >= 11 is 5.95. The Labute approximate surface area is 129 Å². The Morgan fingerprint density at radius 3 is 2.95 bits per heavy atom. The van der Waals surface area contributed by atoms with Crippen LogP contribution < -0.4 is 5.32 Å². The summed E-state index contributed by atoms with van der Waals surface area (Å²) in [6.07, 6.45) is 1.80. The molecule has 21 heavy (non-hydrogen) atoms. The number of aryl methyl sites for hydroxylation is 1. The van der Waals surface area contributed by atoms with Crippen molar-refractivity contribution in [3.05, 3.63) is 63.9 Å². The lowest BCUT2D eigenvalue weighted by Crippen LogP contribution is -2.33. The summed E-state index contributed by atoms with van der Waals surface area (Å²) in [6, 6.07) is 11.8. The summed E-state index contributed by atoms with van der Waals surface area (Å²) in [5, 5.41) is 3.36. The number of carbonyl (C=O) groups is 1. The normalized spacial score (nSPS) is 16.0. The molecule has 0 spiro atoms. The predicted octanol–water partition coefficient (Wildman–Crippen LogP) is 3.37. The Hall–Kier alpha value is -1.87. The van der Waals surface area contributed by atoms with E-state index >= 15 is 0 Å². The number of halogens is 1. The van der Waals surface area contributed by atoms with E-state index in [1.807, 2.05) is 13.0 Å². The first-order valence-electron chi connectivity index (χ1n) is 7.20. The van der Waals surface area contributed by atoms with Crippen molar-refractivity contribution in [2.75, 3.05) is 6.54 Å².